The predicted octanol–water partition coefficient (Wildman–Crippen LogP) is 5.61. The lowest BCUT2D eigenvalue weighted by Crippen LogP contribution is -2.58. The number of thioether (sulfide) groups is 1. The van der Waals surface area contributed by atoms with Crippen molar-refractivity contribution < 1.29 is 27.1 Å². The zero-order chi connectivity index (χ0) is 30.1. The second-order valence-corrected chi connectivity index (χ2v) is 12.7. The highest BCUT2D eigenvalue weighted by molar-refractivity contribution is 7.99. The minimum Gasteiger partial charge on any atom is -0.380 e. The van der Waals surface area contributed by atoms with Crippen molar-refractivity contribution >= 4 is 46.0 Å². The minimum absolute atomic E-state index is 0.0924. The molecule has 3 aliphatic rings. The molecular formula is C29H27ClF4N4O3S. The van der Waals surface area contributed by atoms with Crippen LogP contribution >= 0.6 is 23.4 Å². The fourth-order valence-corrected chi connectivity index (χ4v) is 7.70. The number of carbonyl (C=O) groups is 1. The molecule has 7 nitrogen and oxygen atoms in total. The van der Waals surface area contributed by atoms with Crippen LogP contribution in [0.5, 0.6) is 0 Å². The lowest BCUT2D eigenvalue weighted by Gasteiger charge is -2.44. The zero-order valence-electron chi connectivity index (χ0n) is 22.8. The fourth-order valence-electron chi connectivity index (χ4n) is 6.08. The Labute approximate surface area is 248 Å². The Balaban J connectivity index is 1.65. The molecule has 0 radical (unpaired) electrons. The Morgan fingerprint density at radius 1 is 1.21 bits per heavy atom. The monoisotopic (exact) mass is 622 g/mol. The molecule has 3 aliphatic heterocycles. The second kappa shape index (κ2) is 10.3. The summed E-state index contributed by atoms with van der Waals surface area (Å²) in [7, 11) is 0. The SMILES string of the molecule is C=CC(=O)N1C[C@H](C)N(c2nc(=O)n3c4c(c(-c5ccc(F)c(Cl)c5)c(C(F)(F)F)cc24)SCC2(COC2)C3)C[C@H]1C. The number of hydrogen-bond donors (Lipinski definition) is 0. The topological polar surface area (TPSA) is 67.7 Å². The number of hydrogen-bond acceptors (Lipinski definition) is 6. The number of rotatable bonds is 3. The molecule has 0 aliphatic carbocycles. The summed E-state index contributed by atoms with van der Waals surface area (Å²) in [6, 6.07) is 3.86. The number of aromatic nitrogens is 2. The van der Waals surface area contributed by atoms with E-state index in [-0.39, 0.29) is 69.9 Å². The Hall–Kier alpha value is -3.09. The smallest absolute Gasteiger partial charge is 0.380 e. The van der Waals surface area contributed by atoms with Crippen LogP contribution in [0.3, 0.4) is 0 Å². The van der Waals surface area contributed by atoms with Gasteiger partial charge in [-0.3, -0.25) is 9.36 Å². The molecule has 2 saturated heterocycles. The van der Waals surface area contributed by atoms with E-state index in [0.29, 0.717) is 24.5 Å². The first kappa shape index (κ1) is 29.0. The number of carbonyl (C=O) groups excluding carboxylic acids is 1. The predicted molar refractivity (Wildman–Crippen MR) is 154 cm³/mol. The van der Waals surface area contributed by atoms with Gasteiger partial charge in [-0.2, -0.15) is 18.2 Å². The van der Waals surface area contributed by atoms with Crippen LogP contribution in [0.2, 0.25) is 5.02 Å². The maximum Gasteiger partial charge on any atom is 0.417 e. The van der Waals surface area contributed by atoms with Gasteiger partial charge in [0.1, 0.15) is 11.6 Å². The Kier molecular flexibility index (Phi) is 7.09. The maximum absolute atomic E-state index is 14.9. The zero-order valence-corrected chi connectivity index (χ0v) is 24.4. The van der Waals surface area contributed by atoms with Gasteiger partial charge in [-0.15, -0.1) is 11.8 Å². The summed E-state index contributed by atoms with van der Waals surface area (Å²) >= 11 is 7.27. The van der Waals surface area contributed by atoms with E-state index in [1.807, 2.05) is 13.8 Å². The van der Waals surface area contributed by atoms with Crippen LogP contribution in [-0.4, -0.2) is 64.5 Å². The lowest BCUT2D eigenvalue weighted by molar-refractivity contribution is -0.137. The van der Waals surface area contributed by atoms with Gasteiger partial charge in [0.15, 0.2) is 0 Å². The van der Waals surface area contributed by atoms with Gasteiger partial charge in [-0.05, 0) is 43.7 Å². The first-order valence-corrected chi connectivity index (χ1v) is 14.7. The average Bonchev–Trinajstić information content (AvgIpc) is 3.11. The van der Waals surface area contributed by atoms with Crippen molar-refractivity contribution in [1.29, 1.82) is 0 Å². The van der Waals surface area contributed by atoms with Gasteiger partial charge in [0.2, 0.25) is 5.91 Å². The molecule has 1 amide bonds. The minimum atomic E-state index is -4.79. The van der Waals surface area contributed by atoms with Crippen molar-refractivity contribution in [2.24, 2.45) is 5.41 Å². The van der Waals surface area contributed by atoms with Gasteiger partial charge in [0, 0.05) is 58.7 Å². The quantitative estimate of drug-likeness (QED) is 0.280. The summed E-state index contributed by atoms with van der Waals surface area (Å²) in [5.41, 5.74) is -1.69. The van der Waals surface area contributed by atoms with Crippen molar-refractivity contribution in [2.75, 3.05) is 37.0 Å². The van der Waals surface area contributed by atoms with Crippen LogP contribution < -0.4 is 10.6 Å². The van der Waals surface area contributed by atoms with Crippen molar-refractivity contribution in [3.8, 4) is 11.1 Å². The molecule has 4 heterocycles. The van der Waals surface area contributed by atoms with Crippen LogP contribution in [0.25, 0.3) is 22.0 Å². The summed E-state index contributed by atoms with van der Waals surface area (Å²) in [6.07, 6.45) is -3.57. The van der Waals surface area contributed by atoms with E-state index in [1.54, 1.807) is 9.80 Å². The van der Waals surface area contributed by atoms with Gasteiger partial charge in [-0.1, -0.05) is 24.2 Å². The van der Waals surface area contributed by atoms with Gasteiger partial charge in [0.05, 0.1) is 29.3 Å². The molecule has 3 aromatic rings. The molecule has 0 N–H and O–H groups in total. The van der Waals surface area contributed by atoms with Gasteiger partial charge in [0.25, 0.3) is 0 Å². The molecule has 0 unspecified atom stereocenters. The number of alkyl halides is 3. The summed E-state index contributed by atoms with van der Waals surface area (Å²) in [5.74, 6) is -0.452. The summed E-state index contributed by atoms with van der Waals surface area (Å²) in [4.78, 5) is 34.2. The standard InChI is InChI=1S/C29H27ClF4N4O3S/c1-4-22(39)36-9-16(3)37(10-15(36)2)26-18-8-19(29(32,33)34)23(17-5-6-21(31)20(30)7-17)25-24(18)38(27(40)35-26)11-28(14-42-25)12-41-13-28/h4-8,15-16H,1,9-14H2,2-3H3/t15-,16+/m1/s1. The molecule has 2 aromatic carbocycles. The van der Waals surface area contributed by atoms with Crippen LogP contribution in [0.1, 0.15) is 19.4 Å². The fraction of sp³-hybridized carbons (Fsp3) is 0.414. The molecule has 222 valence electrons. The van der Waals surface area contributed by atoms with E-state index in [9.17, 15) is 27.2 Å². The van der Waals surface area contributed by atoms with Crippen LogP contribution in [0.15, 0.2) is 46.6 Å². The summed E-state index contributed by atoms with van der Waals surface area (Å²) in [5, 5.41) is -0.126. The number of piperazine rings is 1. The Morgan fingerprint density at radius 3 is 2.57 bits per heavy atom. The first-order chi connectivity index (χ1) is 19.8. The van der Waals surface area contributed by atoms with Crippen LogP contribution in [0, 0.1) is 11.2 Å². The molecule has 0 saturated carbocycles. The van der Waals surface area contributed by atoms with Gasteiger partial charge >= 0.3 is 11.9 Å². The Morgan fingerprint density at radius 2 is 1.95 bits per heavy atom. The normalized spacial score (nSPS) is 21.8. The molecule has 42 heavy (non-hydrogen) atoms. The highest BCUT2D eigenvalue weighted by Crippen LogP contribution is 2.51. The number of amides is 1. The van der Waals surface area contributed by atoms with Crippen molar-refractivity contribution in [3.05, 3.63) is 63.8 Å². The van der Waals surface area contributed by atoms with Gasteiger partial charge < -0.3 is 14.5 Å². The number of ether oxygens (including phenoxy) is 1. The largest absolute Gasteiger partial charge is 0.417 e. The van der Waals surface area contributed by atoms with Crippen LogP contribution in [0.4, 0.5) is 23.4 Å². The van der Waals surface area contributed by atoms with E-state index in [0.717, 1.165) is 12.1 Å². The third-order valence-corrected chi connectivity index (χ3v) is 9.99. The number of anilines is 1. The number of halogens is 5. The Bertz CT molecular complexity index is 1690. The molecule has 0 bridgehead atoms. The molecule has 2 fully saturated rings. The number of nitrogens with zero attached hydrogens (tertiary/aromatic N) is 4. The third kappa shape index (κ3) is 4.67. The van der Waals surface area contributed by atoms with E-state index >= 15 is 0 Å². The molecule has 1 aromatic heterocycles. The molecule has 2 atom stereocenters. The second-order valence-electron chi connectivity index (χ2n) is 11.3. The third-order valence-electron chi connectivity index (χ3n) is 8.26. The van der Waals surface area contributed by atoms with Gasteiger partial charge in [-0.25, -0.2) is 9.18 Å². The molecule has 13 heteroatoms. The molecule has 1 spiro atoms. The highest BCUT2D eigenvalue weighted by Gasteiger charge is 2.45. The van der Waals surface area contributed by atoms with Crippen molar-refractivity contribution in [3.63, 3.8) is 0 Å². The van der Waals surface area contributed by atoms with E-state index in [4.69, 9.17) is 16.3 Å². The molecular weight excluding hydrogens is 596 g/mol. The summed E-state index contributed by atoms with van der Waals surface area (Å²) < 4.78 is 65.7. The number of benzene rings is 2. The van der Waals surface area contributed by atoms with E-state index < -0.39 is 28.7 Å². The highest BCUT2D eigenvalue weighted by atomic mass is 35.5. The van der Waals surface area contributed by atoms with E-state index in [1.165, 1.54) is 34.5 Å². The summed E-state index contributed by atoms with van der Waals surface area (Å²) in [6.45, 7) is 8.72. The van der Waals surface area contributed by atoms with Crippen molar-refractivity contribution in [1.82, 2.24) is 14.5 Å². The van der Waals surface area contributed by atoms with E-state index in [2.05, 4.69) is 11.6 Å². The molecule has 6 rings (SSSR count). The average molecular weight is 623 g/mol. The first-order valence-electron chi connectivity index (χ1n) is 13.4. The maximum atomic E-state index is 14.9. The lowest BCUT2D eigenvalue weighted by atomic mass is 9.88. The van der Waals surface area contributed by atoms with Crippen LogP contribution in [-0.2, 0) is 22.3 Å². The van der Waals surface area contributed by atoms with Crippen molar-refractivity contribution in [2.45, 2.75) is 43.5 Å².